The van der Waals surface area contributed by atoms with Gasteiger partial charge < -0.3 is 20.9 Å². The van der Waals surface area contributed by atoms with Crippen LogP contribution in [0.3, 0.4) is 0 Å². The molecule has 0 spiro atoms. The van der Waals surface area contributed by atoms with Crippen molar-refractivity contribution in [1.82, 2.24) is 20.9 Å². The van der Waals surface area contributed by atoms with E-state index >= 15 is 0 Å². The highest BCUT2D eigenvalue weighted by molar-refractivity contribution is 5.94. The molecule has 0 heterocycles. The smallest absolute Gasteiger partial charge is 0.251 e. The summed E-state index contributed by atoms with van der Waals surface area (Å²) in [4.78, 5) is 18.8. The van der Waals surface area contributed by atoms with Gasteiger partial charge in [-0.2, -0.15) is 0 Å². The van der Waals surface area contributed by atoms with Crippen LogP contribution >= 0.6 is 0 Å². The van der Waals surface area contributed by atoms with Crippen LogP contribution in [0.1, 0.15) is 28.4 Å². The predicted octanol–water partition coefficient (Wildman–Crippen LogP) is 2.51. The molecule has 0 saturated carbocycles. The minimum atomic E-state index is -0.490. The van der Waals surface area contributed by atoms with Crippen molar-refractivity contribution in [1.29, 1.82) is 0 Å². The Morgan fingerprint density at radius 1 is 1.07 bits per heavy atom. The Labute approximate surface area is 176 Å². The van der Waals surface area contributed by atoms with E-state index in [4.69, 9.17) is 0 Å². The van der Waals surface area contributed by atoms with Gasteiger partial charge in [0, 0.05) is 37.3 Å². The Morgan fingerprint density at radius 3 is 2.60 bits per heavy atom. The number of carbonyl (C=O) groups is 1. The summed E-state index contributed by atoms with van der Waals surface area (Å²) >= 11 is 0. The zero-order chi connectivity index (χ0) is 21.9. The Kier molecular flexibility index (Phi) is 9.21. The summed E-state index contributed by atoms with van der Waals surface area (Å²) in [7, 11) is 3.90. The Balaban J connectivity index is 2.00. The van der Waals surface area contributed by atoms with Gasteiger partial charge in [0.05, 0.1) is 6.54 Å². The molecule has 8 heteroatoms. The summed E-state index contributed by atoms with van der Waals surface area (Å²) in [5, 5.41) is 8.95. The molecule has 3 N–H and O–H groups in total. The molecule has 2 aromatic carbocycles. The fourth-order valence-electron chi connectivity index (χ4n) is 2.68. The van der Waals surface area contributed by atoms with Crippen LogP contribution in [0, 0.1) is 11.6 Å². The van der Waals surface area contributed by atoms with Gasteiger partial charge in [0.25, 0.3) is 5.91 Å². The molecule has 0 radical (unpaired) electrons. The zero-order valence-corrected chi connectivity index (χ0v) is 17.6. The van der Waals surface area contributed by atoms with Crippen molar-refractivity contribution < 1.29 is 13.6 Å². The van der Waals surface area contributed by atoms with Gasteiger partial charge in [0.2, 0.25) is 0 Å². The number of rotatable bonds is 9. The average molecular weight is 418 g/mol. The quantitative estimate of drug-likeness (QED) is 0.433. The average Bonchev–Trinajstić information content (AvgIpc) is 2.72. The minimum absolute atomic E-state index is 0.101. The van der Waals surface area contributed by atoms with Crippen LogP contribution in [0.2, 0.25) is 0 Å². The second-order valence-electron chi connectivity index (χ2n) is 7.04. The fraction of sp³-hybridized carbons (Fsp3) is 0.364. The maximum absolute atomic E-state index is 13.8. The van der Waals surface area contributed by atoms with Gasteiger partial charge in [-0.15, -0.1) is 0 Å². The number of benzene rings is 2. The summed E-state index contributed by atoms with van der Waals surface area (Å²) in [5.41, 5.74) is 1.66. The number of likely N-dealkylation sites (N-methyl/N-ethyl adjacent to an activating group) is 1. The summed E-state index contributed by atoms with van der Waals surface area (Å²) in [6.07, 6.45) is 0. The van der Waals surface area contributed by atoms with Gasteiger partial charge in [0.1, 0.15) is 11.6 Å². The maximum Gasteiger partial charge on any atom is 0.251 e. The van der Waals surface area contributed by atoms with Crippen LogP contribution in [-0.2, 0) is 13.1 Å². The SMILES string of the molecule is CCNC(=NCc1cccc(C(=O)NCCN(C)C)c1)NCc1cc(F)ccc1F. The molecule has 0 fully saturated rings. The van der Waals surface area contributed by atoms with Crippen LogP contribution < -0.4 is 16.0 Å². The lowest BCUT2D eigenvalue weighted by atomic mass is 10.1. The molecule has 0 aliphatic rings. The molecule has 0 saturated heterocycles. The summed E-state index contributed by atoms with van der Waals surface area (Å²) < 4.78 is 27.1. The third kappa shape index (κ3) is 7.79. The molecule has 1 amide bonds. The monoisotopic (exact) mass is 417 g/mol. The number of halogens is 2. The van der Waals surface area contributed by atoms with Crippen molar-refractivity contribution in [3.8, 4) is 0 Å². The third-order valence-electron chi connectivity index (χ3n) is 4.25. The number of nitrogens with one attached hydrogen (secondary N) is 3. The van der Waals surface area contributed by atoms with E-state index in [2.05, 4.69) is 20.9 Å². The molecule has 2 rings (SSSR count). The normalized spacial score (nSPS) is 11.5. The second kappa shape index (κ2) is 11.9. The van der Waals surface area contributed by atoms with Crippen molar-refractivity contribution in [2.24, 2.45) is 4.99 Å². The molecule has 0 atom stereocenters. The second-order valence-corrected chi connectivity index (χ2v) is 7.04. The largest absolute Gasteiger partial charge is 0.357 e. The van der Waals surface area contributed by atoms with Crippen LogP contribution in [0.25, 0.3) is 0 Å². The van der Waals surface area contributed by atoms with E-state index in [-0.39, 0.29) is 18.0 Å². The van der Waals surface area contributed by atoms with E-state index < -0.39 is 11.6 Å². The first-order chi connectivity index (χ1) is 14.4. The van der Waals surface area contributed by atoms with Crippen LogP contribution in [0.5, 0.6) is 0 Å². The Bertz CT molecular complexity index is 870. The molecule has 0 bridgehead atoms. The van der Waals surface area contributed by atoms with Gasteiger partial charge in [0.15, 0.2) is 5.96 Å². The molecule has 0 aliphatic carbocycles. The highest BCUT2D eigenvalue weighted by Crippen LogP contribution is 2.10. The lowest BCUT2D eigenvalue weighted by Crippen LogP contribution is -2.37. The molecule has 0 aromatic heterocycles. The van der Waals surface area contributed by atoms with Crippen LogP contribution in [0.15, 0.2) is 47.5 Å². The topological polar surface area (TPSA) is 68.8 Å². The highest BCUT2D eigenvalue weighted by Gasteiger charge is 2.07. The number of aliphatic imine (C=N–C) groups is 1. The van der Waals surface area contributed by atoms with Gasteiger partial charge >= 0.3 is 0 Å². The molecule has 6 nitrogen and oxygen atoms in total. The molecule has 30 heavy (non-hydrogen) atoms. The zero-order valence-electron chi connectivity index (χ0n) is 17.6. The Hall–Kier alpha value is -3.00. The van der Waals surface area contributed by atoms with E-state index in [0.29, 0.717) is 31.2 Å². The Morgan fingerprint density at radius 2 is 1.87 bits per heavy atom. The van der Waals surface area contributed by atoms with E-state index in [1.807, 2.05) is 38.1 Å². The molecule has 0 unspecified atom stereocenters. The fourth-order valence-corrected chi connectivity index (χ4v) is 2.68. The molecular formula is C22H29F2N5O. The lowest BCUT2D eigenvalue weighted by Gasteiger charge is -2.12. The van der Waals surface area contributed by atoms with Crippen molar-refractivity contribution in [2.75, 3.05) is 33.7 Å². The maximum atomic E-state index is 13.8. The molecule has 2 aromatic rings. The van der Waals surface area contributed by atoms with Crippen LogP contribution in [-0.4, -0.2) is 50.5 Å². The lowest BCUT2D eigenvalue weighted by molar-refractivity contribution is 0.0951. The highest BCUT2D eigenvalue weighted by atomic mass is 19.1. The van der Waals surface area contributed by atoms with Gasteiger partial charge in [-0.3, -0.25) is 4.79 Å². The number of hydrogen-bond donors (Lipinski definition) is 3. The minimum Gasteiger partial charge on any atom is -0.357 e. The standard InChI is InChI=1S/C22H29F2N5O/c1-4-25-22(28-15-18-13-19(23)8-9-20(18)24)27-14-16-6-5-7-17(12-16)21(30)26-10-11-29(2)3/h5-9,12-13H,4,10-11,14-15H2,1-3H3,(H,26,30)(H2,25,27,28). The first-order valence-corrected chi connectivity index (χ1v) is 9.87. The number of carbonyl (C=O) groups excluding carboxylic acids is 1. The summed E-state index contributed by atoms with van der Waals surface area (Å²) in [5.74, 6) is -0.625. The van der Waals surface area contributed by atoms with E-state index in [0.717, 1.165) is 30.3 Å². The number of nitrogens with zero attached hydrogens (tertiary/aromatic N) is 2. The van der Waals surface area contributed by atoms with Gasteiger partial charge in [-0.25, -0.2) is 13.8 Å². The van der Waals surface area contributed by atoms with E-state index in [9.17, 15) is 13.6 Å². The van der Waals surface area contributed by atoms with Crippen molar-refractivity contribution in [3.05, 3.63) is 70.8 Å². The summed E-state index contributed by atoms with van der Waals surface area (Å²) in [6.45, 7) is 4.30. The van der Waals surface area contributed by atoms with E-state index in [1.165, 1.54) is 0 Å². The number of guanidine groups is 1. The van der Waals surface area contributed by atoms with Crippen LogP contribution in [0.4, 0.5) is 8.78 Å². The molecule has 0 aliphatic heterocycles. The third-order valence-corrected chi connectivity index (χ3v) is 4.25. The first-order valence-electron chi connectivity index (χ1n) is 9.87. The van der Waals surface area contributed by atoms with Gasteiger partial charge in [-0.05, 0) is 56.9 Å². The molecule has 162 valence electrons. The molecular weight excluding hydrogens is 388 g/mol. The van der Waals surface area contributed by atoms with Crippen molar-refractivity contribution in [2.45, 2.75) is 20.0 Å². The van der Waals surface area contributed by atoms with Crippen molar-refractivity contribution >= 4 is 11.9 Å². The predicted molar refractivity (Wildman–Crippen MR) is 115 cm³/mol. The van der Waals surface area contributed by atoms with E-state index in [1.54, 1.807) is 12.1 Å². The van der Waals surface area contributed by atoms with Crippen molar-refractivity contribution in [3.63, 3.8) is 0 Å². The first kappa shape index (κ1) is 23.3. The van der Waals surface area contributed by atoms with Gasteiger partial charge in [-0.1, -0.05) is 12.1 Å². The number of hydrogen-bond acceptors (Lipinski definition) is 3. The summed E-state index contributed by atoms with van der Waals surface area (Å²) in [6, 6.07) is 10.6. The number of amides is 1.